The Kier molecular flexibility index (Phi) is 7.55. The van der Waals surface area contributed by atoms with Crippen molar-refractivity contribution in [1.29, 1.82) is 5.41 Å². The second-order valence-corrected chi connectivity index (χ2v) is 8.76. The fourth-order valence-electron chi connectivity index (χ4n) is 4.53. The minimum atomic E-state index is -1.39. The van der Waals surface area contributed by atoms with Gasteiger partial charge in [0.1, 0.15) is 18.3 Å². The maximum atomic E-state index is 11.7. The molecule has 8 unspecified atom stereocenters. The number of guanidine groups is 1. The van der Waals surface area contributed by atoms with E-state index in [0.29, 0.717) is 13.0 Å². The van der Waals surface area contributed by atoms with Crippen molar-refractivity contribution in [3.63, 3.8) is 0 Å². The van der Waals surface area contributed by atoms with Gasteiger partial charge in [-0.2, -0.15) is 0 Å². The predicted octanol–water partition coefficient (Wildman–Crippen LogP) is -1.45. The van der Waals surface area contributed by atoms with E-state index in [1.165, 1.54) is 0 Å². The van der Waals surface area contributed by atoms with Crippen LogP contribution >= 0.6 is 0 Å². The van der Waals surface area contributed by atoms with Crippen LogP contribution in [-0.4, -0.2) is 116 Å². The summed E-state index contributed by atoms with van der Waals surface area (Å²) in [7, 11) is 0. The van der Waals surface area contributed by atoms with Crippen molar-refractivity contribution in [2.24, 2.45) is 5.92 Å². The summed E-state index contributed by atoms with van der Waals surface area (Å²) in [4.78, 5) is 15.2. The second kappa shape index (κ2) is 9.80. The van der Waals surface area contributed by atoms with Crippen molar-refractivity contribution in [3.05, 3.63) is 11.6 Å². The van der Waals surface area contributed by atoms with E-state index in [0.717, 1.165) is 5.57 Å². The molecule has 0 bridgehead atoms. The lowest BCUT2D eigenvalue weighted by Gasteiger charge is -2.35. The SMILES string of the molecule is CC(C)=CC1CC(C(=O)O)C2CN(CC(O)CCOC3OCC(O)C(O)C3O)C(=N)N12. The molecular weight excluding hydrogens is 410 g/mol. The summed E-state index contributed by atoms with van der Waals surface area (Å²) in [6.07, 6.45) is -3.23. The molecule has 3 saturated heterocycles. The van der Waals surface area contributed by atoms with Crippen LogP contribution in [0.5, 0.6) is 0 Å². The molecule has 11 heteroatoms. The minimum absolute atomic E-state index is 0.0398. The van der Waals surface area contributed by atoms with Crippen LogP contribution < -0.4 is 0 Å². The zero-order valence-electron chi connectivity index (χ0n) is 17.8. The predicted molar refractivity (Wildman–Crippen MR) is 108 cm³/mol. The van der Waals surface area contributed by atoms with E-state index in [-0.39, 0.29) is 44.2 Å². The molecule has 3 heterocycles. The van der Waals surface area contributed by atoms with Crippen LogP contribution in [0.15, 0.2) is 11.6 Å². The molecule has 0 aromatic rings. The van der Waals surface area contributed by atoms with Crippen molar-refractivity contribution in [3.8, 4) is 0 Å². The Labute approximate surface area is 181 Å². The highest BCUT2D eigenvalue weighted by atomic mass is 16.7. The number of hydrogen-bond acceptors (Lipinski definition) is 8. The fraction of sp³-hybridized carbons (Fsp3) is 0.800. The first-order chi connectivity index (χ1) is 14.6. The van der Waals surface area contributed by atoms with E-state index < -0.39 is 42.6 Å². The zero-order valence-corrected chi connectivity index (χ0v) is 17.8. The molecular formula is C20H33N3O8. The smallest absolute Gasteiger partial charge is 0.308 e. The van der Waals surface area contributed by atoms with Gasteiger partial charge in [-0.05, 0) is 26.7 Å². The summed E-state index contributed by atoms with van der Waals surface area (Å²) in [6, 6.07) is -0.464. The van der Waals surface area contributed by atoms with E-state index in [1.807, 2.05) is 24.8 Å². The van der Waals surface area contributed by atoms with Gasteiger partial charge in [0.05, 0.1) is 37.3 Å². The Morgan fingerprint density at radius 3 is 2.68 bits per heavy atom. The van der Waals surface area contributed by atoms with Crippen LogP contribution in [0.4, 0.5) is 0 Å². The molecule has 0 spiro atoms. The van der Waals surface area contributed by atoms with Crippen molar-refractivity contribution in [2.75, 3.05) is 26.3 Å². The maximum Gasteiger partial charge on any atom is 0.308 e. The number of fused-ring (bicyclic) bond motifs is 1. The van der Waals surface area contributed by atoms with Crippen LogP contribution in [0.25, 0.3) is 0 Å². The quantitative estimate of drug-likeness (QED) is 0.244. The van der Waals surface area contributed by atoms with Crippen molar-refractivity contribution in [2.45, 2.75) is 69.5 Å². The third kappa shape index (κ3) is 5.18. The molecule has 0 aromatic carbocycles. The van der Waals surface area contributed by atoms with Gasteiger partial charge in [-0.25, -0.2) is 0 Å². The van der Waals surface area contributed by atoms with Gasteiger partial charge in [-0.1, -0.05) is 11.6 Å². The lowest BCUT2D eigenvalue weighted by Crippen LogP contribution is -2.53. The monoisotopic (exact) mass is 443 g/mol. The lowest BCUT2D eigenvalue weighted by molar-refractivity contribution is -0.270. The maximum absolute atomic E-state index is 11.7. The number of hydrogen-bond donors (Lipinski definition) is 6. The first-order valence-corrected chi connectivity index (χ1v) is 10.5. The Hall–Kier alpha value is -1.76. The van der Waals surface area contributed by atoms with E-state index in [1.54, 1.807) is 4.90 Å². The van der Waals surface area contributed by atoms with Crippen LogP contribution in [0.2, 0.25) is 0 Å². The van der Waals surface area contributed by atoms with Crippen LogP contribution in [0.3, 0.4) is 0 Å². The molecule has 3 fully saturated rings. The summed E-state index contributed by atoms with van der Waals surface area (Å²) in [5, 5.41) is 57.5. The molecule has 0 aromatic heterocycles. The summed E-state index contributed by atoms with van der Waals surface area (Å²) >= 11 is 0. The Morgan fingerprint density at radius 1 is 1.32 bits per heavy atom. The van der Waals surface area contributed by atoms with Gasteiger partial charge >= 0.3 is 5.97 Å². The highest BCUT2D eigenvalue weighted by Crippen LogP contribution is 2.37. The number of carboxylic acids is 1. The number of nitrogens with zero attached hydrogens (tertiary/aromatic N) is 2. The summed E-state index contributed by atoms with van der Waals surface area (Å²) in [5.74, 6) is -1.24. The van der Waals surface area contributed by atoms with Gasteiger partial charge in [0, 0.05) is 13.1 Å². The van der Waals surface area contributed by atoms with Gasteiger partial charge < -0.3 is 44.8 Å². The lowest BCUT2D eigenvalue weighted by atomic mass is 9.98. The summed E-state index contributed by atoms with van der Waals surface area (Å²) in [6.45, 7) is 4.27. The molecule has 11 nitrogen and oxygen atoms in total. The van der Waals surface area contributed by atoms with E-state index in [4.69, 9.17) is 14.9 Å². The third-order valence-corrected chi connectivity index (χ3v) is 6.09. The first-order valence-electron chi connectivity index (χ1n) is 10.5. The third-order valence-electron chi connectivity index (χ3n) is 6.09. The minimum Gasteiger partial charge on any atom is -0.481 e. The molecule has 0 amide bonds. The summed E-state index contributed by atoms with van der Waals surface area (Å²) < 4.78 is 10.5. The van der Waals surface area contributed by atoms with Crippen LogP contribution in [0.1, 0.15) is 26.7 Å². The molecule has 3 rings (SSSR count). The number of aliphatic hydroxyl groups excluding tert-OH is 4. The molecule has 0 saturated carbocycles. The second-order valence-electron chi connectivity index (χ2n) is 8.76. The van der Waals surface area contributed by atoms with Gasteiger partial charge in [0.25, 0.3) is 0 Å². The fourth-order valence-corrected chi connectivity index (χ4v) is 4.53. The van der Waals surface area contributed by atoms with Gasteiger partial charge in [-0.3, -0.25) is 10.2 Å². The molecule has 8 atom stereocenters. The number of carbonyl (C=O) groups is 1. The number of aliphatic carboxylic acids is 1. The molecule has 3 aliphatic heterocycles. The van der Waals surface area contributed by atoms with Gasteiger partial charge in [-0.15, -0.1) is 0 Å². The Balaban J connectivity index is 1.52. The van der Waals surface area contributed by atoms with Crippen molar-refractivity contribution >= 4 is 11.9 Å². The standard InChI is InChI=1S/C20H33N3O8/c1-10(2)5-11-6-13(18(28)29)14-8-22(20(21)23(11)14)7-12(24)3-4-30-19-17(27)16(26)15(25)9-31-19/h5,11-17,19,21,24-27H,3-4,6-9H2,1-2H3,(H,28,29). The number of β-amino-alcohol motifs (C(OH)–C–C–N with tert-alkyl or cyclic N) is 1. The number of aliphatic hydroxyl groups is 4. The normalized spacial score (nSPS) is 36.5. The highest BCUT2D eigenvalue weighted by Gasteiger charge is 2.51. The number of ether oxygens (including phenoxy) is 2. The Morgan fingerprint density at radius 2 is 2.03 bits per heavy atom. The molecule has 0 radical (unpaired) electrons. The van der Waals surface area contributed by atoms with E-state index in [9.17, 15) is 30.3 Å². The highest BCUT2D eigenvalue weighted by molar-refractivity contribution is 5.83. The molecule has 0 aliphatic carbocycles. The number of nitrogens with one attached hydrogen (secondary N) is 1. The van der Waals surface area contributed by atoms with Gasteiger partial charge in [0.15, 0.2) is 12.2 Å². The van der Waals surface area contributed by atoms with Gasteiger partial charge in [0.2, 0.25) is 0 Å². The van der Waals surface area contributed by atoms with Crippen molar-refractivity contribution < 1.29 is 39.8 Å². The summed E-state index contributed by atoms with van der Waals surface area (Å²) in [5.41, 5.74) is 1.06. The largest absolute Gasteiger partial charge is 0.481 e. The first kappa shape index (κ1) is 23.9. The van der Waals surface area contributed by atoms with E-state index in [2.05, 4.69) is 0 Å². The van der Waals surface area contributed by atoms with Crippen LogP contribution in [0, 0.1) is 11.3 Å². The molecule has 6 N–H and O–H groups in total. The van der Waals surface area contributed by atoms with E-state index >= 15 is 0 Å². The van der Waals surface area contributed by atoms with Crippen molar-refractivity contribution in [1.82, 2.24) is 9.80 Å². The molecule has 31 heavy (non-hydrogen) atoms. The topological polar surface area (TPSA) is 167 Å². The average molecular weight is 443 g/mol. The number of allylic oxidation sites excluding steroid dienone is 1. The molecule has 3 aliphatic rings. The number of carboxylic acid groups (broad SMARTS) is 1. The molecule has 176 valence electrons. The van der Waals surface area contributed by atoms with Crippen LogP contribution in [-0.2, 0) is 14.3 Å². The average Bonchev–Trinajstić information content (AvgIpc) is 3.19. The zero-order chi connectivity index (χ0) is 22.9. The number of rotatable bonds is 8. The Bertz CT molecular complexity index is 700.